The zero-order valence-electron chi connectivity index (χ0n) is 12.2. The molecule has 6 amide bonds. The Kier molecular flexibility index (Phi) is 4.29. The summed E-state index contributed by atoms with van der Waals surface area (Å²) in [6.07, 6.45) is -1.18. The number of nitrogens with zero attached hydrogens (tertiary/aromatic N) is 3. The number of urea groups is 2. The van der Waals surface area contributed by atoms with Crippen molar-refractivity contribution < 1.29 is 28.7 Å². The van der Waals surface area contributed by atoms with Gasteiger partial charge in [-0.3, -0.25) is 24.2 Å². The number of ether oxygens (including phenoxy) is 1. The maximum atomic E-state index is 11.9. The molecule has 22 heavy (non-hydrogen) atoms. The number of amides is 6. The highest BCUT2D eigenvalue weighted by molar-refractivity contribution is 6.04. The SMILES string of the molecule is C[C@@H](OC(=O)CN1C(=O)CN(C)C1=O)C(=O)N1CCNC1=O. The van der Waals surface area contributed by atoms with Crippen LogP contribution in [0.3, 0.4) is 0 Å². The summed E-state index contributed by atoms with van der Waals surface area (Å²) in [4.78, 5) is 61.1. The molecule has 2 aliphatic heterocycles. The summed E-state index contributed by atoms with van der Waals surface area (Å²) in [5.74, 6) is -2.06. The molecule has 0 spiro atoms. The van der Waals surface area contributed by atoms with Crippen LogP contribution in [-0.4, -0.2) is 83.9 Å². The molecule has 0 bridgehead atoms. The second kappa shape index (κ2) is 6.00. The molecule has 0 unspecified atom stereocenters. The molecule has 10 heteroatoms. The fourth-order valence-corrected chi connectivity index (χ4v) is 2.14. The third-order valence-electron chi connectivity index (χ3n) is 3.30. The number of hydrogen-bond acceptors (Lipinski definition) is 6. The van der Waals surface area contributed by atoms with Crippen molar-refractivity contribution in [2.75, 3.05) is 33.2 Å². The monoisotopic (exact) mass is 312 g/mol. The van der Waals surface area contributed by atoms with E-state index in [1.54, 1.807) is 0 Å². The maximum Gasteiger partial charge on any atom is 0.327 e. The summed E-state index contributed by atoms with van der Waals surface area (Å²) in [6, 6.07) is -1.14. The second-order valence-electron chi connectivity index (χ2n) is 4.97. The number of imide groups is 2. The minimum atomic E-state index is -1.18. The summed E-state index contributed by atoms with van der Waals surface area (Å²) < 4.78 is 4.89. The van der Waals surface area contributed by atoms with Crippen LogP contribution in [0.2, 0.25) is 0 Å². The maximum absolute atomic E-state index is 11.9. The van der Waals surface area contributed by atoms with Crippen LogP contribution in [-0.2, 0) is 19.1 Å². The van der Waals surface area contributed by atoms with Gasteiger partial charge in [-0.05, 0) is 6.92 Å². The molecule has 0 aromatic heterocycles. The van der Waals surface area contributed by atoms with Crippen molar-refractivity contribution >= 4 is 29.8 Å². The number of hydrogen-bond donors (Lipinski definition) is 1. The van der Waals surface area contributed by atoms with Crippen LogP contribution >= 0.6 is 0 Å². The van der Waals surface area contributed by atoms with E-state index in [2.05, 4.69) is 5.32 Å². The molecule has 0 aliphatic carbocycles. The lowest BCUT2D eigenvalue weighted by molar-refractivity contribution is -0.158. The van der Waals surface area contributed by atoms with Gasteiger partial charge < -0.3 is 15.0 Å². The van der Waals surface area contributed by atoms with Gasteiger partial charge in [0.25, 0.3) is 11.8 Å². The van der Waals surface area contributed by atoms with E-state index in [1.807, 2.05) is 0 Å². The standard InChI is InChI=1S/C12H16N4O6/c1-7(10(19)15-4-3-13-11(15)20)22-9(18)6-16-8(17)5-14(2)12(16)21/h7H,3-6H2,1-2H3,(H,13,20)/t7-/m1/s1. The van der Waals surface area contributed by atoms with E-state index in [9.17, 15) is 24.0 Å². The van der Waals surface area contributed by atoms with Gasteiger partial charge in [-0.25, -0.2) is 9.59 Å². The van der Waals surface area contributed by atoms with E-state index in [4.69, 9.17) is 4.74 Å². The van der Waals surface area contributed by atoms with E-state index >= 15 is 0 Å². The van der Waals surface area contributed by atoms with Gasteiger partial charge >= 0.3 is 18.0 Å². The molecule has 2 fully saturated rings. The first-order valence-electron chi connectivity index (χ1n) is 6.65. The van der Waals surface area contributed by atoms with Crippen LogP contribution in [0, 0.1) is 0 Å². The zero-order chi connectivity index (χ0) is 16.4. The van der Waals surface area contributed by atoms with Gasteiger partial charge in [-0.1, -0.05) is 0 Å². The summed E-state index contributed by atoms with van der Waals surface area (Å²) in [5, 5.41) is 2.46. The number of carbonyl (C=O) groups excluding carboxylic acids is 5. The molecule has 10 nitrogen and oxygen atoms in total. The highest BCUT2D eigenvalue weighted by Gasteiger charge is 2.36. The predicted molar refractivity (Wildman–Crippen MR) is 70.4 cm³/mol. The van der Waals surface area contributed by atoms with E-state index in [-0.39, 0.29) is 13.1 Å². The van der Waals surface area contributed by atoms with Crippen molar-refractivity contribution in [3.63, 3.8) is 0 Å². The minimum Gasteiger partial charge on any atom is -0.451 e. The summed E-state index contributed by atoms with van der Waals surface area (Å²) in [6.45, 7) is 1.20. The smallest absolute Gasteiger partial charge is 0.327 e. The number of rotatable bonds is 4. The first kappa shape index (κ1) is 15.7. The molecule has 0 aromatic rings. The van der Waals surface area contributed by atoms with Crippen molar-refractivity contribution in [2.45, 2.75) is 13.0 Å². The molecule has 1 atom stereocenters. The first-order valence-corrected chi connectivity index (χ1v) is 6.65. The Morgan fingerprint density at radius 1 is 1.32 bits per heavy atom. The van der Waals surface area contributed by atoms with Crippen molar-refractivity contribution in [3.8, 4) is 0 Å². The topological polar surface area (TPSA) is 116 Å². The van der Waals surface area contributed by atoms with Gasteiger partial charge in [0, 0.05) is 20.1 Å². The molecule has 2 heterocycles. The van der Waals surface area contributed by atoms with Gasteiger partial charge in [0.1, 0.15) is 13.1 Å². The lowest BCUT2D eigenvalue weighted by Gasteiger charge is -2.19. The third kappa shape index (κ3) is 3.00. The molecule has 1 N–H and O–H groups in total. The van der Waals surface area contributed by atoms with Gasteiger partial charge in [-0.2, -0.15) is 0 Å². The molecular formula is C12H16N4O6. The van der Waals surface area contributed by atoms with Crippen LogP contribution in [0.1, 0.15) is 6.92 Å². The Balaban J connectivity index is 1.89. The Bertz CT molecular complexity index is 548. The van der Waals surface area contributed by atoms with Crippen molar-refractivity contribution in [1.82, 2.24) is 20.0 Å². The lowest BCUT2D eigenvalue weighted by atomic mass is 10.3. The second-order valence-corrected chi connectivity index (χ2v) is 4.97. The van der Waals surface area contributed by atoms with Crippen LogP contribution in [0.15, 0.2) is 0 Å². The molecule has 120 valence electrons. The van der Waals surface area contributed by atoms with E-state index in [1.165, 1.54) is 18.9 Å². The molecule has 0 aromatic carbocycles. The molecule has 2 saturated heterocycles. The predicted octanol–water partition coefficient (Wildman–Crippen LogP) is -1.64. The largest absolute Gasteiger partial charge is 0.451 e. The van der Waals surface area contributed by atoms with Crippen molar-refractivity contribution in [1.29, 1.82) is 0 Å². The quantitative estimate of drug-likeness (QED) is 0.492. The van der Waals surface area contributed by atoms with Crippen molar-refractivity contribution in [2.24, 2.45) is 0 Å². The fraction of sp³-hybridized carbons (Fsp3) is 0.583. The third-order valence-corrected chi connectivity index (χ3v) is 3.30. The Morgan fingerprint density at radius 2 is 2.00 bits per heavy atom. The number of carbonyl (C=O) groups is 5. The lowest BCUT2D eigenvalue weighted by Crippen LogP contribution is -2.43. The molecule has 0 saturated carbocycles. The zero-order valence-corrected chi connectivity index (χ0v) is 12.2. The first-order chi connectivity index (χ1) is 10.3. The van der Waals surface area contributed by atoms with E-state index < -0.39 is 42.5 Å². The Hall–Kier alpha value is -2.65. The highest BCUT2D eigenvalue weighted by atomic mass is 16.5. The normalized spacial score (nSPS) is 19.5. The molecule has 2 aliphatic rings. The summed E-state index contributed by atoms with van der Waals surface area (Å²) in [7, 11) is 1.43. The number of nitrogens with one attached hydrogen (secondary N) is 1. The van der Waals surface area contributed by atoms with Gasteiger partial charge in [0.05, 0.1) is 0 Å². The average Bonchev–Trinajstić information content (AvgIpc) is 2.97. The average molecular weight is 312 g/mol. The fourth-order valence-electron chi connectivity index (χ4n) is 2.14. The van der Waals surface area contributed by atoms with Crippen molar-refractivity contribution in [3.05, 3.63) is 0 Å². The molecule has 2 rings (SSSR count). The number of likely N-dealkylation sites (N-methyl/N-ethyl adjacent to an activating group) is 1. The van der Waals surface area contributed by atoms with Crippen LogP contribution in [0.5, 0.6) is 0 Å². The van der Waals surface area contributed by atoms with Gasteiger partial charge in [0.2, 0.25) is 0 Å². The summed E-state index contributed by atoms with van der Waals surface area (Å²) in [5.41, 5.74) is 0. The van der Waals surface area contributed by atoms with Crippen LogP contribution in [0.4, 0.5) is 9.59 Å². The summed E-state index contributed by atoms with van der Waals surface area (Å²) >= 11 is 0. The van der Waals surface area contributed by atoms with Crippen LogP contribution < -0.4 is 5.32 Å². The molecule has 0 radical (unpaired) electrons. The number of esters is 1. The van der Waals surface area contributed by atoms with E-state index in [0.29, 0.717) is 6.54 Å². The van der Waals surface area contributed by atoms with Gasteiger partial charge in [0.15, 0.2) is 6.10 Å². The Labute approximate surface area is 125 Å². The molecular weight excluding hydrogens is 296 g/mol. The van der Waals surface area contributed by atoms with Gasteiger partial charge in [-0.15, -0.1) is 0 Å². The highest BCUT2D eigenvalue weighted by Crippen LogP contribution is 2.09. The minimum absolute atomic E-state index is 0.103. The van der Waals surface area contributed by atoms with E-state index in [0.717, 1.165) is 9.80 Å². The Morgan fingerprint density at radius 3 is 2.50 bits per heavy atom. The van der Waals surface area contributed by atoms with Crippen LogP contribution in [0.25, 0.3) is 0 Å².